The molecule has 2 amide bonds. The lowest BCUT2D eigenvalue weighted by Crippen LogP contribution is -2.38. The number of carbonyl (C=O) groups excluding carboxylic acids is 2. The zero-order valence-corrected chi connectivity index (χ0v) is 21.3. The number of benzene rings is 2. The minimum absolute atomic E-state index is 0.0449. The quantitative estimate of drug-likeness (QED) is 0.339. The first-order valence-electron chi connectivity index (χ1n) is 11.6. The van der Waals surface area contributed by atoms with Crippen molar-refractivity contribution in [1.29, 1.82) is 5.26 Å². The summed E-state index contributed by atoms with van der Waals surface area (Å²) in [5.74, 6) is -0.900. The monoisotopic (exact) mass is 498 g/mol. The van der Waals surface area contributed by atoms with Gasteiger partial charge in [0, 0.05) is 6.26 Å². The Balaban J connectivity index is 2.15. The molecule has 1 heterocycles. The highest BCUT2D eigenvalue weighted by Crippen LogP contribution is 2.38. The number of rotatable bonds is 11. The summed E-state index contributed by atoms with van der Waals surface area (Å²) < 4.78 is 35.7. The van der Waals surface area contributed by atoms with Crippen LogP contribution in [-0.4, -0.2) is 50.9 Å². The Bertz CT molecular complexity index is 1280. The number of ether oxygens (including phenoxy) is 2. The van der Waals surface area contributed by atoms with Crippen molar-refractivity contribution in [2.24, 2.45) is 0 Å². The van der Waals surface area contributed by atoms with Crippen molar-refractivity contribution < 1.29 is 27.5 Å². The molecule has 0 fully saturated rings. The molecule has 1 atom stereocenters. The number of amides is 2. The van der Waals surface area contributed by atoms with E-state index in [-0.39, 0.29) is 16.7 Å². The van der Waals surface area contributed by atoms with Gasteiger partial charge in [0.1, 0.15) is 9.84 Å². The first-order chi connectivity index (χ1) is 16.7. The molecule has 0 radical (unpaired) electrons. The van der Waals surface area contributed by atoms with Gasteiger partial charge in [-0.05, 0) is 49.1 Å². The molecule has 0 unspecified atom stereocenters. The Kier molecular flexibility index (Phi) is 8.18. The number of hydrogen-bond donors (Lipinski definition) is 0. The SMILES string of the molecule is CCCCCc1ccc(C#N)c2c1C(=O)N([C@H](CS(C)(=O)=O)c1ccc(OC)c(OCC)c1)C2=O. The molecule has 0 aromatic heterocycles. The van der Waals surface area contributed by atoms with Crippen LogP contribution in [0.25, 0.3) is 0 Å². The maximum Gasteiger partial charge on any atom is 0.263 e. The molecule has 186 valence electrons. The topological polar surface area (TPSA) is 114 Å². The van der Waals surface area contributed by atoms with Crippen molar-refractivity contribution in [3.63, 3.8) is 0 Å². The van der Waals surface area contributed by atoms with E-state index < -0.39 is 33.4 Å². The van der Waals surface area contributed by atoms with Gasteiger partial charge < -0.3 is 9.47 Å². The average Bonchev–Trinajstić information content (AvgIpc) is 3.08. The van der Waals surface area contributed by atoms with Gasteiger partial charge >= 0.3 is 0 Å². The van der Waals surface area contributed by atoms with Crippen molar-refractivity contribution in [3.05, 3.63) is 58.1 Å². The number of carbonyl (C=O) groups is 2. The van der Waals surface area contributed by atoms with Crippen molar-refractivity contribution >= 4 is 21.7 Å². The van der Waals surface area contributed by atoms with E-state index in [0.29, 0.717) is 35.7 Å². The summed E-state index contributed by atoms with van der Waals surface area (Å²) in [4.78, 5) is 28.3. The highest BCUT2D eigenvalue weighted by molar-refractivity contribution is 7.90. The highest BCUT2D eigenvalue weighted by atomic mass is 32.2. The number of nitriles is 1. The molecule has 1 aliphatic heterocycles. The molecule has 2 aromatic carbocycles. The molecule has 3 rings (SSSR count). The molecule has 0 N–H and O–H groups in total. The third kappa shape index (κ3) is 5.49. The predicted molar refractivity (Wildman–Crippen MR) is 132 cm³/mol. The predicted octanol–water partition coefficient (Wildman–Crippen LogP) is 4.08. The maximum atomic E-state index is 13.7. The summed E-state index contributed by atoms with van der Waals surface area (Å²) in [6, 6.07) is 9.01. The fraction of sp³-hybridized carbons (Fsp3) is 0.423. The number of imide groups is 1. The van der Waals surface area contributed by atoms with Crippen LogP contribution in [0.5, 0.6) is 11.5 Å². The number of methoxy groups -OCH3 is 1. The van der Waals surface area contributed by atoms with Gasteiger partial charge in [0.2, 0.25) is 0 Å². The minimum Gasteiger partial charge on any atom is -0.493 e. The number of sulfone groups is 1. The zero-order valence-electron chi connectivity index (χ0n) is 20.5. The molecule has 1 aliphatic rings. The number of aryl methyl sites for hydroxylation is 1. The van der Waals surface area contributed by atoms with Gasteiger partial charge in [0.15, 0.2) is 11.5 Å². The molecule has 0 saturated carbocycles. The van der Waals surface area contributed by atoms with E-state index in [0.717, 1.165) is 30.4 Å². The van der Waals surface area contributed by atoms with E-state index in [1.165, 1.54) is 7.11 Å². The van der Waals surface area contributed by atoms with Crippen LogP contribution in [0.4, 0.5) is 0 Å². The largest absolute Gasteiger partial charge is 0.493 e. The summed E-state index contributed by atoms with van der Waals surface area (Å²) in [5, 5.41) is 9.63. The lowest BCUT2D eigenvalue weighted by atomic mass is 9.94. The van der Waals surface area contributed by atoms with Crippen LogP contribution < -0.4 is 9.47 Å². The second kappa shape index (κ2) is 10.9. The molecular formula is C26H30N2O6S. The third-order valence-electron chi connectivity index (χ3n) is 5.97. The molecule has 35 heavy (non-hydrogen) atoms. The van der Waals surface area contributed by atoms with Crippen molar-refractivity contribution in [3.8, 4) is 17.6 Å². The van der Waals surface area contributed by atoms with Crippen molar-refractivity contribution in [2.75, 3.05) is 25.7 Å². The van der Waals surface area contributed by atoms with Crippen LogP contribution in [0.15, 0.2) is 30.3 Å². The van der Waals surface area contributed by atoms with Crippen LogP contribution in [0, 0.1) is 11.3 Å². The van der Waals surface area contributed by atoms with Crippen LogP contribution >= 0.6 is 0 Å². The Morgan fingerprint density at radius 2 is 1.74 bits per heavy atom. The summed E-state index contributed by atoms with van der Waals surface area (Å²) in [6.45, 7) is 4.21. The lowest BCUT2D eigenvalue weighted by Gasteiger charge is -2.27. The third-order valence-corrected chi connectivity index (χ3v) is 6.89. The second-order valence-corrected chi connectivity index (χ2v) is 10.7. The average molecular weight is 499 g/mol. The molecule has 2 aromatic rings. The van der Waals surface area contributed by atoms with Crippen molar-refractivity contribution in [1.82, 2.24) is 4.90 Å². The number of hydrogen-bond acceptors (Lipinski definition) is 7. The molecule has 0 aliphatic carbocycles. The Morgan fingerprint density at radius 1 is 1.03 bits per heavy atom. The van der Waals surface area contributed by atoms with E-state index in [1.54, 1.807) is 37.3 Å². The normalized spacial score (nSPS) is 14.0. The first-order valence-corrected chi connectivity index (χ1v) is 13.6. The Labute approximate surface area is 206 Å². The fourth-order valence-corrected chi connectivity index (χ4v) is 5.29. The van der Waals surface area contributed by atoms with Gasteiger partial charge in [0.05, 0.1) is 48.3 Å². The number of nitrogens with zero attached hydrogens (tertiary/aromatic N) is 2. The minimum atomic E-state index is -3.61. The van der Waals surface area contributed by atoms with E-state index in [2.05, 4.69) is 6.92 Å². The molecule has 0 saturated heterocycles. The van der Waals surface area contributed by atoms with Gasteiger partial charge in [-0.1, -0.05) is 31.9 Å². The molecular weight excluding hydrogens is 468 g/mol. The highest BCUT2D eigenvalue weighted by Gasteiger charge is 2.44. The molecule has 8 nitrogen and oxygen atoms in total. The summed E-state index contributed by atoms with van der Waals surface area (Å²) in [5.41, 5.74) is 1.45. The molecule has 0 spiro atoms. The Morgan fingerprint density at radius 3 is 2.34 bits per heavy atom. The molecule has 0 bridgehead atoms. The fourth-order valence-electron chi connectivity index (χ4n) is 4.37. The van der Waals surface area contributed by atoms with Crippen LogP contribution in [-0.2, 0) is 16.3 Å². The molecule has 9 heteroatoms. The number of fused-ring (bicyclic) bond motifs is 1. The van der Waals surface area contributed by atoms with Gasteiger partial charge in [-0.15, -0.1) is 0 Å². The van der Waals surface area contributed by atoms with E-state index >= 15 is 0 Å². The smallest absolute Gasteiger partial charge is 0.263 e. The van der Waals surface area contributed by atoms with Gasteiger partial charge in [-0.25, -0.2) is 8.42 Å². The van der Waals surface area contributed by atoms with Gasteiger partial charge in [0.25, 0.3) is 11.8 Å². The van der Waals surface area contributed by atoms with Crippen LogP contribution in [0.2, 0.25) is 0 Å². The Hall–Kier alpha value is -3.38. The van der Waals surface area contributed by atoms with Gasteiger partial charge in [-0.2, -0.15) is 5.26 Å². The first kappa shape index (κ1) is 26.2. The van der Waals surface area contributed by atoms with Crippen LogP contribution in [0.1, 0.15) is 76.6 Å². The van der Waals surface area contributed by atoms with Crippen LogP contribution in [0.3, 0.4) is 0 Å². The van der Waals surface area contributed by atoms with E-state index in [4.69, 9.17) is 9.47 Å². The van der Waals surface area contributed by atoms with Gasteiger partial charge in [-0.3, -0.25) is 14.5 Å². The zero-order chi connectivity index (χ0) is 25.8. The van der Waals surface area contributed by atoms with E-state index in [9.17, 15) is 23.3 Å². The number of unbranched alkanes of at least 4 members (excludes halogenated alkanes) is 2. The van der Waals surface area contributed by atoms with E-state index in [1.807, 2.05) is 6.07 Å². The summed E-state index contributed by atoms with van der Waals surface area (Å²) in [7, 11) is -2.13. The second-order valence-electron chi connectivity index (χ2n) is 8.52. The lowest BCUT2D eigenvalue weighted by molar-refractivity contribution is 0.0597. The standard InChI is InChI=1S/C26H30N2O6S/c1-5-7-8-9-17-10-11-19(15-27)24-23(17)25(29)28(26(24)30)20(16-35(4,31)32)18-12-13-21(33-3)22(14-18)34-6-2/h10-14,20H,5-9,16H2,1-4H3/t20-/m1/s1. The summed E-state index contributed by atoms with van der Waals surface area (Å²) >= 11 is 0. The maximum absolute atomic E-state index is 13.7. The van der Waals surface area contributed by atoms with Crippen molar-refractivity contribution in [2.45, 2.75) is 45.6 Å². The summed E-state index contributed by atoms with van der Waals surface area (Å²) in [6.07, 6.45) is 4.43.